The molecule has 1 aliphatic heterocycles. The Balaban J connectivity index is 2.12. The van der Waals surface area contributed by atoms with Gasteiger partial charge in [0.15, 0.2) is 0 Å². The Labute approximate surface area is 51.6 Å². The first-order chi connectivity index (χ1) is 3.39. The minimum Gasteiger partial charge on any atom is -0.758 e. The fourth-order valence-electron chi connectivity index (χ4n) is 0.865. The standard InChI is InChI=1S/C5H10PS/c7-6-4-2-1-3-5-6/h1-5H2/q-1. The summed E-state index contributed by atoms with van der Waals surface area (Å²) in [6.07, 6.45) is 7.00. The van der Waals surface area contributed by atoms with E-state index in [0.29, 0.717) is 0 Å². The third-order valence-corrected chi connectivity index (χ3v) is 4.04. The molecule has 0 aliphatic carbocycles. The van der Waals surface area contributed by atoms with Crippen molar-refractivity contribution in [3.63, 3.8) is 0 Å². The Morgan fingerprint density at radius 2 is 1.57 bits per heavy atom. The molecule has 42 valence electrons. The Hall–Kier alpha value is 0.780. The zero-order valence-electron chi connectivity index (χ0n) is 4.39. The van der Waals surface area contributed by atoms with Crippen LogP contribution in [0.4, 0.5) is 0 Å². The second-order valence-corrected chi connectivity index (χ2v) is 5.40. The van der Waals surface area contributed by atoms with E-state index in [2.05, 4.69) is 0 Å². The molecule has 0 atom stereocenters. The molecule has 0 saturated carbocycles. The second kappa shape index (κ2) is 2.94. The van der Waals surface area contributed by atoms with E-state index in [4.69, 9.17) is 12.2 Å². The number of hydrogen-bond acceptors (Lipinski definition) is 1. The molecule has 0 radical (unpaired) electrons. The van der Waals surface area contributed by atoms with Crippen LogP contribution in [0.1, 0.15) is 19.3 Å². The number of hydrogen-bond donors (Lipinski definition) is 0. The van der Waals surface area contributed by atoms with Crippen LogP contribution in [0.25, 0.3) is 0 Å². The summed E-state index contributed by atoms with van der Waals surface area (Å²) in [5, 5.41) is 0. The minimum atomic E-state index is 0.0917. The summed E-state index contributed by atoms with van der Waals surface area (Å²) in [7, 11) is 0.0917. The first-order valence-electron chi connectivity index (χ1n) is 2.82. The fraction of sp³-hybridized carbons (Fsp3) is 1.00. The molecule has 0 N–H and O–H groups in total. The molecule has 0 aromatic carbocycles. The van der Waals surface area contributed by atoms with Crippen LogP contribution in [0, 0.1) is 0 Å². The lowest BCUT2D eigenvalue weighted by atomic mass is 10.3. The average molecular weight is 133 g/mol. The van der Waals surface area contributed by atoms with Crippen molar-refractivity contribution in [2.24, 2.45) is 0 Å². The quantitative estimate of drug-likeness (QED) is 0.360. The summed E-state index contributed by atoms with van der Waals surface area (Å²) in [6.45, 7) is 0. The van der Waals surface area contributed by atoms with Crippen molar-refractivity contribution in [2.75, 3.05) is 12.3 Å². The van der Waals surface area contributed by atoms with E-state index in [1.54, 1.807) is 0 Å². The predicted octanol–water partition coefficient (Wildman–Crippen LogP) is 2.11. The van der Waals surface area contributed by atoms with Gasteiger partial charge < -0.3 is 12.2 Å². The largest absolute Gasteiger partial charge is 0.758 e. The van der Waals surface area contributed by atoms with Gasteiger partial charge in [0.2, 0.25) is 0 Å². The SMILES string of the molecule is [S-]P1CCCCC1. The molecule has 2 heteroatoms. The van der Waals surface area contributed by atoms with Crippen molar-refractivity contribution in [1.82, 2.24) is 0 Å². The van der Waals surface area contributed by atoms with Crippen LogP contribution in [-0.4, -0.2) is 12.3 Å². The first-order valence-corrected chi connectivity index (χ1v) is 5.54. The van der Waals surface area contributed by atoms with Crippen molar-refractivity contribution in [1.29, 1.82) is 0 Å². The Morgan fingerprint density at radius 3 is 1.86 bits per heavy atom. The van der Waals surface area contributed by atoms with E-state index in [-0.39, 0.29) is 7.12 Å². The van der Waals surface area contributed by atoms with Crippen molar-refractivity contribution < 1.29 is 0 Å². The molecule has 1 rings (SSSR count). The highest BCUT2D eigenvalue weighted by atomic mass is 32.7. The van der Waals surface area contributed by atoms with E-state index in [1.807, 2.05) is 0 Å². The summed E-state index contributed by atoms with van der Waals surface area (Å²) in [5.41, 5.74) is 0. The molecule has 0 spiro atoms. The van der Waals surface area contributed by atoms with Crippen LogP contribution >= 0.6 is 7.12 Å². The van der Waals surface area contributed by atoms with Crippen molar-refractivity contribution in [3.05, 3.63) is 0 Å². The summed E-state index contributed by atoms with van der Waals surface area (Å²) in [6, 6.07) is 0. The van der Waals surface area contributed by atoms with E-state index in [9.17, 15) is 0 Å². The molecule has 1 fully saturated rings. The molecule has 1 aliphatic rings. The van der Waals surface area contributed by atoms with E-state index < -0.39 is 0 Å². The van der Waals surface area contributed by atoms with Crippen LogP contribution < -0.4 is 0 Å². The highest BCUT2D eigenvalue weighted by Crippen LogP contribution is 2.38. The van der Waals surface area contributed by atoms with Gasteiger partial charge in [-0.25, -0.2) is 0 Å². The van der Waals surface area contributed by atoms with Crippen LogP contribution in [-0.2, 0) is 12.2 Å². The molecule has 1 saturated heterocycles. The van der Waals surface area contributed by atoms with Gasteiger partial charge in [-0.05, 0) is 0 Å². The van der Waals surface area contributed by atoms with Gasteiger partial charge in [0.1, 0.15) is 0 Å². The van der Waals surface area contributed by atoms with Gasteiger partial charge in [0.25, 0.3) is 0 Å². The van der Waals surface area contributed by atoms with Gasteiger partial charge in [-0.2, -0.15) is 0 Å². The Morgan fingerprint density at radius 1 is 1.00 bits per heavy atom. The summed E-state index contributed by atoms with van der Waals surface area (Å²) < 4.78 is 0. The number of rotatable bonds is 0. The van der Waals surface area contributed by atoms with Gasteiger partial charge in [0.05, 0.1) is 0 Å². The van der Waals surface area contributed by atoms with Crippen LogP contribution in [0.3, 0.4) is 0 Å². The highest BCUT2D eigenvalue weighted by Gasteiger charge is 1.98. The summed E-state index contributed by atoms with van der Waals surface area (Å²) >= 11 is 5.15. The fourth-order valence-corrected chi connectivity index (χ4v) is 3.02. The van der Waals surface area contributed by atoms with Gasteiger partial charge in [-0.1, -0.05) is 31.6 Å². The minimum absolute atomic E-state index is 0.0917. The molecular formula is C5H10PS-. The zero-order chi connectivity index (χ0) is 5.11. The molecule has 0 aromatic heterocycles. The molecular weight excluding hydrogens is 123 g/mol. The van der Waals surface area contributed by atoms with Crippen molar-refractivity contribution >= 4 is 19.4 Å². The normalized spacial score (nSPS) is 25.3. The molecule has 0 unspecified atom stereocenters. The van der Waals surface area contributed by atoms with Gasteiger partial charge in [-0.15, -0.1) is 0 Å². The lowest BCUT2D eigenvalue weighted by molar-refractivity contribution is 0.758. The van der Waals surface area contributed by atoms with E-state index >= 15 is 0 Å². The molecule has 0 bridgehead atoms. The van der Waals surface area contributed by atoms with Gasteiger partial charge >= 0.3 is 0 Å². The Bertz CT molecular complexity index is 50.0. The summed E-state index contributed by atoms with van der Waals surface area (Å²) in [5.74, 6) is 0. The maximum absolute atomic E-state index is 5.15. The predicted molar refractivity (Wildman–Crippen MR) is 37.9 cm³/mol. The Kier molecular flexibility index (Phi) is 2.48. The summed E-state index contributed by atoms with van der Waals surface area (Å²) in [4.78, 5) is 0. The average Bonchev–Trinajstić information content (AvgIpc) is 1.69. The van der Waals surface area contributed by atoms with Crippen LogP contribution in [0.2, 0.25) is 0 Å². The lowest BCUT2D eigenvalue weighted by Crippen LogP contribution is -1.95. The van der Waals surface area contributed by atoms with Crippen LogP contribution in [0.5, 0.6) is 0 Å². The topological polar surface area (TPSA) is 0 Å². The lowest BCUT2D eigenvalue weighted by Gasteiger charge is -2.28. The smallest absolute Gasteiger partial charge is 0.0511 e. The highest BCUT2D eigenvalue weighted by molar-refractivity contribution is 8.33. The molecule has 0 aromatic rings. The van der Waals surface area contributed by atoms with Gasteiger partial charge in [-0.3, -0.25) is 7.12 Å². The molecule has 0 nitrogen and oxygen atoms in total. The maximum Gasteiger partial charge on any atom is -0.0511 e. The van der Waals surface area contributed by atoms with E-state index in [0.717, 1.165) is 0 Å². The zero-order valence-corrected chi connectivity index (χ0v) is 6.10. The maximum atomic E-state index is 5.15. The van der Waals surface area contributed by atoms with Crippen LogP contribution in [0.15, 0.2) is 0 Å². The first kappa shape index (κ1) is 5.91. The monoisotopic (exact) mass is 133 g/mol. The third kappa shape index (κ3) is 2.01. The van der Waals surface area contributed by atoms with Crippen molar-refractivity contribution in [2.45, 2.75) is 19.3 Å². The van der Waals surface area contributed by atoms with Crippen molar-refractivity contribution in [3.8, 4) is 0 Å². The third-order valence-electron chi connectivity index (χ3n) is 1.32. The molecule has 1 heterocycles. The van der Waals surface area contributed by atoms with E-state index in [1.165, 1.54) is 31.6 Å². The van der Waals surface area contributed by atoms with Gasteiger partial charge in [0, 0.05) is 0 Å². The second-order valence-electron chi connectivity index (χ2n) is 1.99. The molecule has 7 heavy (non-hydrogen) atoms. The molecule has 0 amide bonds.